The summed E-state index contributed by atoms with van der Waals surface area (Å²) in [5, 5.41) is 3.74. The quantitative estimate of drug-likeness (QED) is 0.771. The summed E-state index contributed by atoms with van der Waals surface area (Å²) in [6.07, 6.45) is 1.36. The third kappa shape index (κ3) is 3.55. The van der Waals surface area contributed by atoms with Crippen molar-refractivity contribution in [2.45, 2.75) is 6.54 Å². The molecule has 2 N–H and O–H groups in total. The lowest BCUT2D eigenvalue weighted by Gasteiger charge is -2.07. The van der Waals surface area contributed by atoms with E-state index in [4.69, 9.17) is 4.74 Å². The second-order valence-electron chi connectivity index (χ2n) is 4.43. The monoisotopic (exact) mass is 302 g/mol. The van der Waals surface area contributed by atoms with E-state index in [1.54, 1.807) is 6.07 Å². The van der Waals surface area contributed by atoms with Gasteiger partial charge in [-0.15, -0.1) is 12.4 Å². The van der Waals surface area contributed by atoms with E-state index in [2.05, 4.69) is 10.3 Å². The summed E-state index contributed by atoms with van der Waals surface area (Å²) in [5.74, 6) is 0.526. The Balaban J connectivity index is 0.00000161. The highest BCUT2D eigenvalue weighted by Gasteiger charge is 2.08. The maximum Gasteiger partial charge on any atom is 0.412 e. The Hall–Kier alpha value is -2.46. The lowest BCUT2D eigenvalue weighted by Crippen LogP contribution is -2.26. The fourth-order valence-corrected chi connectivity index (χ4v) is 2.05. The van der Waals surface area contributed by atoms with Gasteiger partial charge in [-0.3, -0.25) is 0 Å². The number of aromatic amines is 1. The fourth-order valence-electron chi connectivity index (χ4n) is 2.05. The third-order valence-electron chi connectivity index (χ3n) is 3.03. The van der Waals surface area contributed by atoms with Gasteiger partial charge in [0.05, 0.1) is 5.52 Å². The van der Waals surface area contributed by atoms with Gasteiger partial charge in [0.25, 0.3) is 0 Å². The smallest absolute Gasteiger partial charge is 0.408 e. The van der Waals surface area contributed by atoms with Crippen LogP contribution in [0.15, 0.2) is 60.8 Å². The minimum absolute atomic E-state index is 0. The third-order valence-corrected chi connectivity index (χ3v) is 3.03. The van der Waals surface area contributed by atoms with Gasteiger partial charge in [0.2, 0.25) is 0 Å². The zero-order chi connectivity index (χ0) is 13.8. The topological polar surface area (TPSA) is 54.1 Å². The molecule has 3 aromatic rings. The molecule has 108 valence electrons. The van der Waals surface area contributed by atoms with Crippen molar-refractivity contribution >= 4 is 29.4 Å². The molecule has 0 unspecified atom stereocenters. The minimum atomic E-state index is -0.462. The molecule has 0 saturated carbocycles. The second kappa shape index (κ2) is 6.81. The largest absolute Gasteiger partial charge is 0.412 e. The van der Waals surface area contributed by atoms with Crippen molar-refractivity contribution in [1.29, 1.82) is 0 Å². The Kier molecular flexibility index (Phi) is 4.85. The molecule has 0 atom stereocenters. The molecule has 0 aliphatic carbocycles. The summed E-state index contributed by atoms with van der Waals surface area (Å²) >= 11 is 0. The summed E-state index contributed by atoms with van der Waals surface area (Å²) in [4.78, 5) is 14.9. The van der Waals surface area contributed by atoms with E-state index < -0.39 is 6.09 Å². The molecule has 1 heterocycles. The SMILES string of the molecule is Cl.O=C(NCc1ccccc1)Oc1cccc2cc[nH]c12. The first-order chi connectivity index (χ1) is 9.83. The molecule has 3 rings (SSSR count). The summed E-state index contributed by atoms with van der Waals surface area (Å²) < 4.78 is 5.33. The Morgan fingerprint density at radius 1 is 1.05 bits per heavy atom. The molecular formula is C16H15ClN2O2. The average molecular weight is 303 g/mol. The molecule has 0 radical (unpaired) electrons. The Labute approximate surface area is 128 Å². The number of carbonyl (C=O) groups is 1. The number of para-hydroxylation sites is 1. The Morgan fingerprint density at radius 2 is 1.86 bits per heavy atom. The van der Waals surface area contributed by atoms with Gasteiger partial charge in [-0.25, -0.2) is 4.79 Å². The molecule has 0 fully saturated rings. The highest BCUT2D eigenvalue weighted by atomic mass is 35.5. The van der Waals surface area contributed by atoms with Gasteiger partial charge in [0.1, 0.15) is 0 Å². The van der Waals surface area contributed by atoms with Gasteiger partial charge >= 0.3 is 6.09 Å². The molecule has 5 heteroatoms. The van der Waals surface area contributed by atoms with E-state index in [9.17, 15) is 4.79 Å². The summed E-state index contributed by atoms with van der Waals surface area (Å²) in [6, 6.07) is 17.2. The van der Waals surface area contributed by atoms with Crippen LogP contribution >= 0.6 is 12.4 Å². The van der Waals surface area contributed by atoms with Crippen LogP contribution in [-0.2, 0) is 6.54 Å². The molecular weight excluding hydrogens is 288 g/mol. The molecule has 4 nitrogen and oxygen atoms in total. The highest BCUT2D eigenvalue weighted by molar-refractivity contribution is 5.87. The number of rotatable bonds is 3. The second-order valence-corrected chi connectivity index (χ2v) is 4.43. The average Bonchev–Trinajstić information content (AvgIpc) is 2.96. The first kappa shape index (κ1) is 14.9. The Morgan fingerprint density at radius 3 is 2.67 bits per heavy atom. The first-order valence-corrected chi connectivity index (χ1v) is 6.38. The number of fused-ring (bicyclic) bond motifs is 1. The van der Waals surface area contributed by atoms with Crippen molar-refractivity contribution in [3.05, 3.63) is 66.4 Å². The van der Waals surface area contributed by atoms with Crippen LogP contribution < -0.4 is 10.1 Å². The molecule has 0 aliphatic heterocycles. The molecule has 1 amide bonds. The zero-order valence-electron chi connectivity index (χ0n) is 11.2. The summed E-state index contributed by atoms with van der Waals surface area (Å²) in [6.45, 7) is 0.445. The van der Waals surface area contributed by atoms with Gasteiger partial charge in [-0.05, 0) is 17.7 Å². The van der Waals surface area contributed by atoms with Gasteiger partial charge < -0.3 is 15.0 Å². The van der Waals surface area contributed by atoms with Crippen LogP contribution in [0.4, 0.5) is 4.79 Å². The van der Waals surface area contributed by atoms with Gasteiger partial charge in [-0.2, -0.15) is 0 Å². The summed E-state index contributed by atoms with van der Waals surface area (Å²) in [5.41, 5.74) is 1.85. The molecule has 1 aromatic heterocycles. The van der Waals surface area contributed by atoms with Crippen molar-refractivity contribution in [3.8, 4) is 5.75 Å². The zero-order valence-corrected chi connectivity index (χ0v) is 12.0. The normalized spacial score (nSPS) is 9.90. The van der Waals surface area contributed by atoms with Gasteiger partial charge in [0, 0.05) is 18.1 Å². The van der Waals surface area contributed by atoms with E-state index in [0.29, 0.717) is 12.3 Å². The van der Waals surface area contributed by atoms with Gasteiger partial charge in [-0.1, -0.05) is 42.5 Å². The number of benzene rings is 2. The predicted molar refractivity (Wildman–Crippen MR) is 84.9 cm³/mol. The van der Waals surface area contributed by atoms with E-state index in [0.717, 1.165) is 16.5 Å². The van der Waals surface area contributed by atoms with Crippen LogP contribution in [0.2, 0.25) is 0 Å². The van der Waals surface area contributed by atoms with Crippen LogP contribution in [0.3, 0.4) is 0 Å². The number of aromatic nitrogens is 1. The van der Waals surface area contributed by atoms with Crippen molar-refractivity contribution in [2.24, 2.45) is 0 Å². The lowest BCUT2D eigenvalue weighted by molar-refractivity contribution is 0.200. The van der Waals surface area contributed by atoms with E-state index in [1.165, 1.54) is 0 Å². The van der Waals surface area contributed by atoms with Crippen molar-refractivity contribution in [3.63, 3.8) is 0 Å². The maximum atomic E-state index is 11.8. The van der Waals surface area contributed by atoms with E-state index in [1.807, 2.05) is 54.7 Å². The van der Waals surface area contributed by atoms with Crippen LogP contribution in [-0.4, -0.2) is 11.1 Å². The highest BCUT2D eigenvalue weighted by Crippen LogP contribution is 2.23. The van der Waals surface area contributed by atoms with Crippen molar-refractivity contribution < 1.29 is 9.53 Å². The Bertz CT molecular complexity index is 725. The number of nitrogens with one attached hydrogen (secondary N) is 2. The molecule has 21 heavy (non-hydrogen) atoms. The number of amides is 1. The minimum Gasteiger partial charge on any atom is -0.408 e. The predicted octanol–water partition coefficient (Wildman–Crippen LogP) is 3.88. The van der Waals surface area contributed by atoms with Crippen LogP contribution in [0.5, 0.6) is 5.75 Å². The van der Waals surface area contributed by atoms with Gasteiger partial charge in [0.15, 0.2) is 5.75 Å². The van der Waals surface area contributed by atoms with Crippen molar-refractivity contribution in [1.82, 2.24) is 10.3 Å². The van der Waals surface area contributed by atoms with Crippen LogP contribution in [0.25, 0.3) is 10.9 Å². The lowest BCUT2D eigenvalue weighted by atomic mass is 10.2. The molecule has 0 saturated heterocycles. The number of H-pyrrole nitrogens is 1. The fraction of sp³-hybridized carbons (Fsp3) is 0.0625. The maximum absolute atomic E-state index is 11.8. The molecule has 2 aromatic carbocycles. The van der Waals surface area contributed by atoms with Crippen molar-refractivity contribution in [2.75, 3.05) is 0 Å². The first-order valence-electron chi connectivity index (χ1n) is 6.38. The number of halogens is 1. The van der Waals surface area contributed by atoms with Crippen LogP contribution in [0, 0.1) is 0 Å². The van der Waals surface area contributed by atoms with E-state index >= 15 is 0 Å². The molecule has 0 aliphatic rings. The molecule has 0 bridgehead atoms. The number of hydrogen-bond acceptors (Lipinski definition) is 2. The number of ether oxygens (including phenoxy) is 1. The standard InChI is InChI=1S/C16H14N2O2.ClH/c19-16(18-11-12-5-2-1-3-6-12)20-14-8-4-7-13-9-10-17-15(13)14;/h1-10,17H,11H2,(H,18,19);1H. The number of carbonyl (C=O) groups excluding carboxylic acids is 1. The van der Waals surface area contributed by atoms with Crippen LogP contribution in [0.1, 0.15) is 5.56 Å². The summed E-state index contributed by atoms with van der Waals surface area (Å²) in [7, 11) is 0. The molecule has 0 spiro atoms. The van der Waals surface area contributed by atoms with E-state index in [-0.39, 0.29) is 12.4 Å². The number of hydrogen-bond donors (Lipinski definition) is 2.